The quantitative estimate of drug-likeness (QED) is 0.835. The van der Waals surface area contributed by atoms with E-state index >= 15 is 0 Å². The SMILES string of the molecule is CN[C@H](c1ccc(Br)nc1)C(F)(F)F. The van der Waals surface area contributed by atoms with Crippen LogP contribution in [0, 0.1) is 0 Å². The molecule has 14 heavy (non-hydrogen) atoms. The highest BCUT2D eigenvalue weighted by Crippen LogP contribution is 2.31. The van der Waals surface area contributed by atoms with Crippen molar-refractivity contribution in [1.29, 1.82) is 0 Å². The molecule has 0 radical (unpaired) electrons. The minimum absolute atomic E-state index is 0.100. The van der Waals surface area contributed by atoms with Crippen LogP contribution in [0.25, 0.3) is 0 Å². The van der Waals surface area contributed by atoms with Gasteiger partial charge in [0, 0.05) is 6.20 Å². The van der Waals surface area contributed by atoms with Gasteiger partial charge in [-0.15, -0.1) is 0 Å². The van der Waals surface area contributed by atoms with E-state index in [1.165, 1.54) is 25.4 Å². The number of pyridine rings is 1. The first-order valence-electron chi connectivity index (χ1n) is 3.80. The standard InChI is InChI=1S/C8H8BrF3N2/c1-13-7(8(10,11)12)5-2-3-6(9)14-4-5/h2-4,7,13H,1H3/t7-/m1/s1. The van der Waals surface area contributed by atoms with E-state index in [9.17, 15) is 13.2 Å². The van der Waals surface area contributed by atoms with Crippen LogP contribution in [0.5, 0.6) is 0 Å². The third kappa shape index (κ3) is 2.68. The van der Waals surface area contributed by atoms with Crippen molar-refractivity contribution in [1.82, 2.24) is 10.3 Å². The van der Waals surface area contributed by atoms with Crippen LogP contribution in [0.2, 0.25) is 0 Å². The number of hydrogen-bond acceptors (Lipinski definition) is 2. The molecule has 0 amide bonds. The molecule has 1 heterocycles. The molecular weight excluding hydrogens is 261 g/mol. The topological polar surface area (TPSA) is 24.9 Å². The van der Waals surface area contributed by atoms with E-state index < -0.39 is 12.2 Å². The summed E-state index contributed by atoms with van der Waals surface area (Å²) in [5.74, 6) is 0. The van der Waals surface area contributed by atoms with Gasteiger partial charge in [0.25, 0.3) is 0 Å². The highest BCUT2D eigenvalue weighted by molar-refractivity contribution is 9.10. The number of aromatic nitrogens is 1. The van der Waals surface area contributed by atoms with Crippen LogP contribution in [0.3, 0.4) is 0 Å². The lowest BCUT2D eigenvalue weighted by atomic mass is 10.1. The Balaban J connectivity index is 2.96. The van der Waals surface area contributed by atoms with Gasteiger partial charge in [0.15, 0.2) is 0 Å². The zero-order valence-corrected chi connectivity index (χ0v) is 8.85. The van der Waals surface area contributed by atoms with Crippen molar-refractivity contribution < 1.29 is 13.2 Å². The number of alkyl halides is 3. The van der Waals surface area contributed by atoms with E-state index in [0.717, 1.165) is 0 Å². The van der Waals surface area contributed by atoms with E-state index in [2.05, 4.69) is 26.2 Å². The maximum atomic E-state index is 12.4. The van der Waals surface area contributed by atoms with E-state index in [1.807, 2.05) is 0 Å². The molecule has 0 fully saturated rings. The second-order valence-corrected chi connectivity index (χ2v) is 3.49. The molecule has 0 unspecified atom stereocenters. The van der Waals surface area contributed by atoms with E-state index in [0.29, 0.717) is 4.60 Å². The Morgan fingerprint density at radius 2 is 2.07 bits per heavy atom. The summed E-state index contributed by atoms with van der Waals surface area (Å²) in [6.45, 7) is 0. The Hall–Kier alpha value is -0.620. The van der Waals surface area contributed by atoms with Gasteiger partial charge in [0.1, 0.15) is 10.6 Å². The minimum atomic E-state index is -4.30. The van der Waals surface area contributed by atoms with Crippen LogP contribution in [0.4, 0.5) is 13.2 Å². The van der Waals surface area contributed by atoms with Gasteiger partial charge in [0.05, 0.1) is 0 Å². The second-order valence-electron chi connectivity index (χ2n) is 2.68. The Bertz CT molecular complexity index is 296. The number of nitrogens with one attached hydrogen (secondary N) is 1. The van der Waals surface area contributed by atoms with Crippen molar-refractivity contribution in [3.63, 3.8) is 0 Å². The van der Waals surface area contributed by atoms with E-state index in [-0.39, 0.29) is 5.56 Å². The number of hydrogen-bond donors (Lipinski definition) is 1. The predicted octanol–water partition coefficient (Wildman–Crippen LogP) is 2.67. The lowest BCUT2D eigenvalue weighted by molar-refractivity contribution is -0.156. The fourth-order valence-electron chi connectivity index (χ4n) is 1.08. The third-order valence-corrected chi connectivity index (χ3v) is 2.17. The molecule has 0 aromatic carbocycles. The molecule has 2 nitrogen and oxygen atoms in total. The Kier molecular flexibility index (Phi) is 3.49. The normalized spacial score (nSPS) is 14.1. The zero-order valence-electron chi connectivity index (χ0n) is 7.27. The summed E-state index contributed by atoms with van der Waals surface area (Å²) < 4.78 is 37.7. The van der Waals surface area contributed by atoms with Gasteiger partial charge in [0.2, 0.25) is 0 Å². The molecule has 0 saturated carbocycles. The molecule has 0 saturated heterocycles. The van der Waals surface area contributed by atoms with Crippen molar-refractivity contribution >= 4 is 15.9 Å². The van der Waals surface area contributed by atoms with Crippen molar-refractivity contribution in [2.24, 2.45) is 0 Å². The Morgan fingerprint density at radius 3 is 2.43 bits per heavy atom. The molecule has 0 aliphatic heterocycles. The molecule has 0 spiro atoms. The van der Waals surface area contributed by atoms with Crippen LogP contribution in [-0.4, -0.2) is 18.2 Å². The zero-order chi connectivity index (χ0) is 10.8. The highest BCUT2D eigenvalue weighted by atomic mass is 79.9. The summed E-state index contributed by atoms with van der Waals surface area (Å²) in [4.78, 5) is 3.74. The smallest absolute Gasteiger partial charge is 0.305 e. The van der Waals surface area contributed by atoms with Crippen molar-refractivity contribution in [3.8, 4) is 0 Å². The first kappa shape index (κ1) is 11.5. The second kappa shape index (κ2) is 4.27. The van der Waals surface area contributed by atoms with Crippen LogP contribution >= 0.6 is 15.9 Å². The van der Waals surface area contributed by atoms with Gasteiger partial charge in [-0.2, -0.15) is 13.2 Å². The van der Waals surface area contributed by atoms with E-state index in [4.69, 9.17) is 0 Å². The fraction of sp³-hybridized carbons (Fsp3) is 0.375. The summed E-state index contributed by atoms with van der Waals surface area (Å²) >= 11 is 3.05. The van der Waals surface area contributed by atoms with Crippen molar-refractivity contribution in [2.45, 2.75) is 12.2 Å². The van der Waals surface area contributed by atoms with Gasteiger partial charge in [-0.05, 0) is 34.6 Å². The van der Waals surface area contributed by atoms with Crippen LogP contribution in [0.15, 0.2) is 22.9 Å². The van der Waals surface area contributed by atoms with Gasteiger partial charge in [-0.1, -0.05) is 6.07 Å². The number of nitrogens with zero attached hydrogens (tertiary/aromatic N) is 1. The minimum Gasteiger partial charge on any atom is -0.305 e. The summed E-state index contributed by atoms with van der Waals surface area (Å²) in [7, 11) is 1.26. The molecule has 1 aromatic heterocycles. The molecule has 0 bridgehead atoms. The molecular formula is C8H8BrF3N2. The lowest BCUT2D eigenvalue weighted by Crippen LogP contribution is -2.31. The maximum absolute atomic E-state index is 12.4. The predicted molar refractivity (Wildman–Crippen MR) is 49.8 cm³/mol. The molecule has 0 aliphatic carbocycles. The van der Waals surface area contributed by atoms with Crippen molar-refractivity contribution in [2.75, 3.05) is 7.05 Å². The highest BCUT2D eigenvalue weighted by Gasteiger charge is 2.39. The Morgan fingerprint density at radius 1 is 1.43 bits per heavy atom. The lowest BCUT2D eigenvalue weighted by Gasteiger charge is -2.19. The molecule has 0 aliphatic rings. The molecule has 1 N–H and O–H groups in total. The molecule has 6 heteroatoms. The third-order valence-electron chi connectivity index (χ3n) is 1.70. The first-order chi connectivity index (χ1) is 6.45. The van der Waals surface area contributed by atoms with Crippen molar-refractivity contribution in [3.05, 3.63) is 28.5 Å². The van der Waals surface area contributed by atoms with Crippen LogP contribution in [-0.2, 0) is 0 Å². The average Bonchev–Trinajstić information content (AvgIpc) is 2.07. The average molecular weight is 269 g/mol. The molecule has 1 rings (SSSR count). The van der Waals surface area contributed by atoms with Gasteiger partial charge in [-0.3, -0.25) is 0 Å². The Labute approximate surface area is 87.7 Å². The monoisotopic (exact) mass is 268 g/mol. The largest absolute Gasteiger partial charge is 0.407 e. The summed E-state index contributed by atoms with van der Waals surface area (Å²) in [6, 6.07) is 1.19. The first-order valence-corrected chi connectivity index (χ1v) is 4.60. The molecule has 1 atom stereocenters. The van der Waals surface area contributed by atoms with Gasteiger partial charge < -0.3 is 5.32 Å². The molecule has 78 valence electrons. The number of rotatable bonds is 2. The summed E-state index contributed by atoms with van der Waals surface area (Å²) in [5, 5.41) is 2.20. The summed E-state index contributed by atoms with van der Waals surface area (Å²) in [6.07, 6.45) is -3.11. The van der Waals surface area contributed by atoms with Crippen LogP contribution in [0.1, 0.15) is 11.6 Å². The van der Waals surface area contributed by atoms with E-state index in [1.54, 1.807) is 0 Å². The summed E-state index contributed by atoms with van der Waals surface area (Å²) in [5.41, 5.74) is 0.100. The molecule has 1 aromatic rings. The maximum Gasteiger partial charge on any atom is 0.407 e. The van der Waals surface area contributed by atoms with Gasteiger partial charge in [-0.25, -0.2) is 4.98 Å². The fourth-order valence-corrected chi connectivity index (χ4v) is 1.31. The number of halogens is 4. The van der Waals surface area contributed by atoms with Gasteiger partial charge >= 0.3 is 6.18 Å². The van der Waals surface area contributed by atoms with Crippen LogP contribution < -0.4 is 5.32 Å².